The minimum atomic E-state index is -3.44. The van der Waals surface area contributed by atoms with Gasteiger partial charge in [0.1, 0.15) is 17.6 Å². The Labute approximate surface area is 154 Å². The van der Waals surface area contributed by atoms with Crippen LogP contribution in [0.1, 0.15) is 17.2 Å². The minimum Gasteiger partial charge on any atom is -0.497 e. The summed E-state index contributed by atoms with van der Waals surface area (Å²) in [4.78, 5) is 2.19. The topological polar surface area (TPSA) is 65.1 Å². The number of methoxy groups -OCH3 is 2. The lowest BCUT2D eigenvalue weighted by Crippen LogP contribution is -2.54. The van der Waals surface area contributed by atoms with Crippen LogP contribution >= 0.6 is 0 Å². The molecular weight excluding hydrogens is 354 g/mol. The SMILES string of the molecule is COc1ccc(C(c2ccc(OC)cc2)N2CC(OS(C)(=O)=O)C2)cc1. The molecule has 1 aliphatic heterocycles. The minimum absolute atomic E-state index is 0.00576. The van der Waals surface area contributed by atoms with Gasteiger partial charge in [0.2, 0.25) is 0 Å². The van der Waals surface area contributed by atoms with E-state index in [4.69, 9.17) is 13.7 Å². The Bertz CT molecular complexity index is 780. The van der Waals surface area contributed by atoms with Crippen molar-refractivity contribution in [3.05, 3.63) is 59.7 Å². The molecular formula is C19H23NO5S. The maximum atomic E-state index is 11.3. The molecule has 0 amide bonds. The summed E-state index contributed by atoms with van der Waals surface area (Å²) in [5, 5.41) is 0. The number of ether oxygens (including phenoxy) is 2. The van der Waals surface area contributed by atoms with E-state index in [1.54, 1.807) is 14.2 Å². The fourth-order valence-electron chi connectivity index (χ4n) is 3.18. The van der Waals surface area contributed by atoms with Gasteiger partial charge in [-0.25, -0.2) is 0 Å². The van der Waals surface area contributed by atoms with Gasteiger partial charge in [-0.3, -0.25) is 9.08 Å². The number of rotatable bonds is 7. The van der Waals surface area contributed by atoms with Crippen LogP contribution in [0, 0.1) is 0 Å². The second-order valence-corrected chi connectivity index (χ2v) is 7.93. The van der Waals surface area contributed by atoms with Crippen molar-refractivity contribution in [2.75, 3.05) is 33.6 Å². The zero-order valence-corrected chi connectivity index (χ0v) is 15.9. The average molecular weight is 377 g/mol. The van der Waals surface area contributed by atoms with E-state index in [0.717, 1.165) is 28.9 Å². The van der Waals surface area contributed by atoms with Crippen LogP contribution in [-0.4, -0.2) is 53.0 Å². The summed E-state index contributed by atoms with van der Waals surface area (Å²) in [5.74, 6) is 1.59. The smallest absolute Gasteiger partial charge is 0.264 e. The van der Waals surface area contributed by atoms with Crippen molar-refractivity contribution in [2.24, 2.45) is 0 Å². The van der Waals surface area contributed by atoms with Crippen molar-refractivity contribution < 1.29 is 22.1 Å². The molecule has 0 radical (unpaired) electrons. The first-order chi connectivity index (χ1) is 12.4. The lowest BCUT2D eigenvalue weighted by molar-refractivity contribution is 0.00473. The molecule has 1 fully saturated rings. The summed E-state index contributed by atoms with van der Waals surface area (Å²) in [7, 11) is -0.166. The molecule has 6 nitrogen and oxygen atoms in total. The first-order valence-corrected chi connectivity index (χ1v) is 10.1. The van der Waals surface area contributed by atoms with Gasteiger partial charge in [-0.2, -0.15) is 8.42 Å². The normalized spacial score (nSPS) is 15.7. The molecule has 140 valence electrons. The summed E-state index contributed by atoms with van der Waals surface area (Å²) in [6.07, 6.45) is 0.782. The Morgan fingerprint density at radius 3 is 1.65 bits per heavy atom. The lowest BCUT2D eigenvalue weighted by atomic mass is 9.93. The highest BCUT2D eigenvalue weighted by molar-refractivity contribution is 7.86. The van der Waals surface area contributed by atoms with Crippen molar-refractivity contribution >= 4 is 10.1 Å². The van der Waals surface area contributed by atoms with Gasteiger partial charge < -0.3 is 9.47 Å². The molecule has 1 saturated heterocycles. The zero-order chi connectivity index (χ0) is 18.7. The standard InChI is InChI=1S/C19H23NO5S/c1-23-16-8-4-14(5-9-16)19(15-6-10-17(24-2)11-7-15)20-12-18(13-20)25-26(3,21)22/h4-11,18-19H,12-13H2,1-3H3. The highest BCUT2D eigenvalue weighted by atomic mass is 32.2. The Morgan fingerprint density at radius 1 is 0.885 bits per heavy atom. The molecule has 0 saturated carbocycles. The van der Waals surface area contributed by atoms with Crippen molar-refractivity contribution in [2.45, 2.75) is 12.1 Å². The third kappa shape index (κ3) is 4.35. The number of benzene rings is 2. The molecule has 0 unspecified atom stereocenters. The second-order valence-electron chi connectivity index (χ2n) is 6.33. The molecule has 0 bridgehead atoms. The van der Waals surface area contributed by atoms with Gasteiger partial charge in [0.25, 0.3) is 10.1 Å². The Kier molecular flexibility index (Phi) is 5.50. The van der Waals surface area contributed by atoms with E-state index in [2.05, 4.69) is 4.90 Å². The molecule has 0 atom stereocenters. The number of hydrogen-bond acceptors (Lipinski definition) is 6. The van der Waals surface area contributed by atoms with Crippen molar-refractivity contribution in [3.8, 4) is 11.5 Å². The molecule has 0 spiro atoms. The lowest BCUT2D eigenvalue weighted by Gasteiger charge is -2.43. The molecule has 26 heavy (non-hydrogen) atoms. The van der Waals surface area contributed by atoms with Crippen LogP contribution in [0.25, 0.3) is 0 Å². The van der Waals surface area contributed by atoms with Gasteiger partial charge in [-0.05, 0) is 35.4 Å². The van der Waals surface area contributed by atoms with Crippen LogP contribution in [0.3, 0.4) is 0 Å². The molecule has 1 aliphatic rings. The van der Waals surface area contributed by atoms with E-state index in [1.807, 2.05) is 48.5 Å². The average Bonchev–Trinajstić information content (AvgIpc) is 2.60. The molecule has 3 rings (SSSR count). The van der Waals surface area contributed by atoms with Crippen LogP contribution in [0.15, 0.2) is 48.5 Å². The third-order valence-corrected chi connectivity index (χ3v) is 5.04. The Morgan fingerprint density at radius 2 is 1.31 bits per heavy atom. The van der Waals surface area contributed by atoms with Gasteiger partial charge in [0, 0.05) is 13.1 Å². The quantitative estimate of drug-likeness (QED) is 0.691. The highest BCUT2D eigenvalue weighted by Gasteiger charge is 2.36. The van der Waals surface area contributed by atoms with E-state index < -0.39 is 10.1 Å². The van der Waals surface area contributed by atoms with Crippen LogP contribution in [0.5, 0.6) is 11.5 Å². The summed E-state index contributed by atoms with van der Waals surface area (Å²) in [5.41, 5.74) is 2.21. The maximum absolute atomic E-state index is 11.3. The monoisotopic (exact) mass is 377 g/mol. The van der Waals surface area contributed by atoms with Gasteiger partial charge in [-0.1, -0.05) is 24.3 Å². The van der Waals surface area contributed by atoms with E-state index in [1.165, 1.54) is 0 Å². The predicted molar refractivity (Wildman–Crippen MR) is 99.1 cm³/mol. The Hall–Kier alpha value is -2.09. The summed E-state index contributed by atoms with van der Waals surface area (Å²) < 4.78 is 38.2. The fourth-order valence-corrected chi connectivity index (χ4v) is 3.79. The van der Waals surface area contributed by atoms with Crippen molar-refractivity contribution in [1.82, 2.24) is 4.90 Å². The largest absolute Gasteiger partial charge is 0.497 e. The van der Waals surface area contributed by atoms with Gasteiger partial charge in [0.05, 0.1) is 26.5 Å². The summed E-state index contributed by atoms with van der Waals surface area (Å²) in [6, 6.07) is 15.8. The van der Waals surface area contributed by atoms with Crippen molar-refractivity contribution in [1.29, 1.82) is 0 Å². The Balaban J connectivity index is 1.84. The first kappa shape index (κ1) is 18.7. The fraction of sp³-hybridized carbons (Fsp3) is 0.368. The maximum Gasteiger partial charge on any atom is 0.264 e. The predicted octanol–water partition coefficient (Wildman–Crippen LogP) is 2.45. The van der Waals surface area contributed by atoms with Crippen molar-refractivity contribution in [3.63, 3.8) is 0 Å². The van der Waals surface area contributed by atoms with Crippen LogP contribution in [0.2, 0.25) is 0 Å². The molecule has 7 heteroatoms. The van der Waals surface area contributed by atoms with E-state index in [9.17, 15) is 8.42 Å². The van der Waals surface area contributed by atoms with Gasteiger partial charge in [0.15, 0.2) is 0 Å². The van der Waals surface area contributed by atoms with Crippen LogP contribution < -0.4 is 9.47 Å². The molecule has 0 N–H and O–H groups in total. The summed E-state index contributed by atoms with van der Waals surface area (Å²) >= 11 is 0. The zero-order valence-electron chi connectivity index (χ0n) is 15.1. The van der Waals surface area contributed by atoms with E-state index >= 15 is 0 Å². The number of hydrogen-bond donors (Lipinski definition) is 0. The number of likely N-dealkylation sites (tertiary alicyclic amines) is 1. The van der Waals surface area contributed by atoms with Gasteiger partial charge >= 0.3 is 0 Å². The summed E-state index contributed by atoms with van der Waals surface area (Å²) in [6.45, 7) is 1.10. The molecule has 0 aliphatic carbocycles. The second kappa shape index (κ2) is 7.65. The third-order valence-electron chi connectivity index (χ3n) is 4.42. The van der Waals surface area contributed by atoms with E-state index in [-0.39, 0.29) is 12.1 Å². The number of nitrogens with zero attached hydrogens (tertiary/aromatic N) is 1. The highest BCUT2D eigenvalue weighted by Crippen LogP contribution is 2.34. The van der Waals surface area contributed by atoms with E-state index in [0.29, 0.717) is 13.1 Å². The van der Waals surface area contributed by atoms with Gasteiger partial charge in [-0.15, -0.1) is 0 Å². The van der Waals surface area contributed by atoms with Crippen LogP contribution in [0.4, 0.5) is 0 Å². The molecule has 0 aromatic heterocycles. The molecule has 2 aromatic carbocycles. The van der Waals surface area contributed by atoms with Crippen LogP contribution in [-0.2, 0) is 14.3 Å². The first-order valence-electron chi connectivity index (χ1n) is 8.30. The molecule has 1 heterocycles. The molecule has 2 aromatic rings.